The van der Waals surface area contributed by atoms with Crippen molar-refractivity contribution in [2.45, 2.75) is 245 Å². The summed E-state index contributed by atoms with van der Waals surface area (Å²) in [7, 11) is 0. The molecule has 0 aromatic rings. The Balaban J connectivity index is 4.32. The van der Waals surface area contributed by atoms with E-state index in [2.05, 4.69) is 179 Å². The smallest absolute Gasteiger partial charge is 0.306 e. The molecule has 0 N–H and O–H groups in total. The zero-order chi connectivity index (χ0) is 54.3. The molecular formula is C69H108O6. The lowest BCUT2D eigenvalue weighted by Gasteiger charge is -2.18. The van der Waals surface area contributed by atoms with E-state index in [0.717, 1.165) is 173 Å². The van der Waals surface area contributed by atoms with Crippen LogP contribution < -0.4 is 0 Å². The fraction of sp³-hybridized carbons (Fsp3) is 0.580. The Hall–Kier alpha value is -4.97. The minimum Gasteiger partial charge on any atom is -0.462 e. The Morgan fingerprint density at radius 2 is 0.520 bits per heavy atom. The molecule has 0 heterocycles. The highest BCUT2D eigenvalue weighted by atomic mass is 16.6. The van der Waals surface area contributed by atoms with Crippen molar-refractivity contribution < 1.29 is 28.6 Å². The molecule has 0 aliphatic carbocycles. The second kappa shape index (κ2) is 61.6. The number of carbonyl (C=O) groups excluding carboxylic acids is 3. The minimum atomic E-state index is -0.806. The number of allylic oxidation sites excluding steroid dienone is 26. The number of hydrogen-bond donors (Lipinski definition) is 0. The quantitative estimate of drug-likeness (QED) is 0.0261. The Bertz CT molecular complexity index is 1710. The van der Waals surface area contributed by atoms with E-state index in [1.54, 1.807) is 0 Å². The molecule has 0 amide bonds. The molecule has 0 fully saturated rings. The van der Waals surface area contributed by atoms with Crippen molar-refractivity contribution in [3.63, 3.8) is 0 Å². The van der Waals surface area contributed by atoms with Gasteiger partial charge in [0.2, 0.25) is 0 Å². The van der Waals surface area contributed by atoms with Gasteiger partial charge in [-0.1, -0.05) is 249 Å². The number of ether oxygens (including phenoxy) is 3. The molecule has 0 saturated heterocycles. The maximum absolute atomic E-state index is 12.8. The van der Waals surface area contributed by atoms with E-state index in [0.29, 0.717) is 12.8 Å². The Morgan fingerprint density at radius 3 is 0.813 bits per heavy atom. The van der Waals surface area contributed by atoms with E-state index < -0.39 is 6.10 Å². The molecule has 1 unspecified atom stereocenters. The highest BCUT2D eigenvalue weighted by Crippen LogP contribution is 2.13. The maximum atomic E-state index is 12.8. The van der Waals surface area contributed by atoms with Gasteiger partial charge in [0, 0.05) is 19.3 Å². The van der Waals surface area contributed by atoms with Gasteiger partial charge in [0.25, 0.3) is 0 Å². The van der Waals surface area contributed by atoms with E-state index in [4.69, 9.17) is 14.2 Å². The lowest BCUT2D eigenvalue weighted by Crippen LogP contribution is -2.30. The second-order valence-electron chi connectivity index (χ2n) is 19.1. The largest absolute Gasteiger partial charge is 0.462 e. The molecule has 0 aromatic heterocycles. The molecule has 0 bridgehead atoms. The Morgan fingerprint density at radius 1 is 0.280 bits per heavy atom. The fourth-order valence-corrected chi connectivity index (χ4v) is 7.60. The molecule has 6 nitrogen and oxygen atoms in total. The molecule has 75 heavy (non-hydrogen) atoms. The van der Waals surface area contributed by atoms with Crippen LogP contribution in [0.25, 0.3) is 0 Å². The zero-order valence-electron chi connectivity index (χ0n) is 48.0. The summed E-state index contributed by atoms with van der Waals surface area (Å²) in [5.74, 6) is -0.961. The first-order valence-corrected chi connectivity index (χ1v) is 30.0. The van der Waals surface area contributed by atoms with Gasteiger partial charge in [-0.25, -0.2) is 0 Å². The summed E-state index contributed by atoms with van der Waals surface area (Å²) < 4.78 is 16.8. The minimum absolute atomic E-state index is 0.101. The maximum Gasteiger partial charge on any atom is 0.306 e. The summed E-state index contributed by atoms with van der Waals surface area (Å²) in [6.07, 6.45) is 89.7. The van der Waals surface area contributed by atoms with E-state index in [1.807, 2.05) is 0 Å². The van der Waals surface area contributed by atoms with E-state index in [1.165, 1.54) is 25.7 Å². The molecule has 420 valence electrons. The van der Waals surface area contributed by atoms with Crippen LogP contribution in [0.1, 0.15) is 239 Å². The van der Waals surface area contributed by atoms with Gasteiger partial charge in [-0.2, -0.15) is 0 Å². The summed E-state index contributed by atoms with van der Waals surface area (Å²) in [4.78, 5) is 38.0. The number of carbonyl (C=O) groups is 3. The van der Waals surface area contributed by atoms with Crippen LogP contribution in [0.3, 0.4) is 0 Å². The summed E-state index contributed by atoms with van der Waals surface area (Å²) in [6, 6.07) is 0. The van der Waals surface area contributed by atoms with Crippen molar-refractivity contribution in [1.82, 2.24) is 0 Å². The summed E-state index contributed by atoms with van der Waals surface area (Å²) >= 11 is 0. The third-order valence-electron chi connectivity index (χ3n) is 12.0. The van der Waals surface area contributed by atoms with Crippen LogP contribution in [-0.2, 0) is 28.6 Å². The number of esters is 3. The van der Waals surface area contributed by atoms with Crippen LogP contribution in [-0.4, -0.2) is 37.2 Å². The van der Waals surface area contributed by atoms with Crippen molar-refractivity contribution in [3.8, 4) is 0 Å². The molecule has 1 atom stereocenters. The fourth-order valence-electron chi connectivity index (χ4n) is 7.60. The molecule has 0 aliphatic heterocycles. The number of rotatable bonds is 52. The summed E-state index contributed by atoms with van der Waals surface area (Å²) in [5.41, 5.74) is 0. The third-order valence-corrected chi connectivity index (χ3v) is 12.0. The normalized spacial score (nSPS) is 13.3. The van der Waals surface area contributed by atoms with Crippen LogP contribution in [0, 0.1) is 0 Å². The second-order valence-corrected chi connectivity index (χ2v) is 19.1. The van der Waals surface area contributed by atoms with Gasteiger partial charge in [0.15, 0.2) is 6.10 Å². The monoisotopic (exact) mass is 1030 g/mol. The van der Waals surface area contributed by atoms with Crippen molar-refractivity contribution in [2.75, 3.05) is 13.2 Å². The molecule has 0 aliphatic rings. The highest BCUT2D eigenvalue weighted by Gasteiger charge is 2.19. The SMILES string of the molecule is CC/C=C\C/C=C\C/C=C\C/C=C\C/C=C\C/C=C\C/C=C\CCCCCCCC(=O)OCC(COC(=O)CCCCCCCCC)OC(=O)CCCCCC/C=C\C/C=C\C/C=C\C/C=C\C/C=C\C/C=C\CC. The van der Waals surface area contributed by atoms with Crippen LogP contribution >= 0.6 is 0 Å². The molecule has 6 heteroatoms. The van der Waals surface area contributed by atoms with E-state index >= 15 is 0 Å². The van der Waals surface area contributed by atoms with Crippen LogP contribution in [0.4, 0.5) is 0 Å². The molecule has 0 saturated carbocycles. The van der Waals surface area contributed by atoms with Crippen molar-refractivity contribution in [1.29, 1.82) is 0 Å². The molecule has 0 spiro atoms. The number of unbranched alkanes of at least 4 members (excludes halogenated alkanes) is 15. The van der Waals surface area contributed by atoms with Crippen molar-refractivity contribution >= 4 is 17.9 Å². The predicted octanol–water partition coefficient (Wildman–Crippen LogP) is 20.5. The standard InChI is InChI=1S/C69H108O6/c1-4-7-10-13-16-18-20-22-24-26-28-30-32-33-34-35-37-38-40-42-44-46-48-50-53-56-59-62-68(71)74-65-66(64-73-67(70)61-58-55-52-15-12-9-6-3)75-69(72)63-60-57-54-51-49-47-45-43-41-39-36-31-29-27-25-23-21-19-17-14-11-8-5-2/h7-8,10-11,16-19,22-25,28-31,33-34,37-39,41-42,44-45,47,66H,4-6,9,12-15,20-21,26-27,32,35-36,40,43,46,48-65H2,1-3H3/b10-7-,11-8-,18-16-,19-17-,24-22-,25-23-,30-28-,31-29-,34-33-,38-37-,41-39-,44-42-,47-45-. The van der Waals surface area contributed by atoms with Crippen LogP contribution in [0.5, 0.6) is 0 Å². The number of hydrogen-bond acceptors (Lipinski definition) is 6. The van der Waals surface area contributed by atoms with Crippen LogP contribution in [0.2, 0.25) is 0 Å². The van der Waals surface area contributed by atoms with Gasteiger partial charge in [0.05, 0.1) is 0 Å². The third kappa shape index (κ3) is 59.8. The molecular weight excluding hydrogens is 925 g/mol. The molecule has 0 rings (SSSR count). The van der Waals surface area contributed by atoms with Crippen molar-refractivity contribution in [3.05, 3.63) is 158 Å². The van der Waals surface area contributed by atoms with Crippen molar-refractivity contribution in [2.24, 2.45) is 0 Å². The first-order chi connectivity index (χ1) is 37.0. The average Bonchev–Trinajstić information content (AvgIpc) is 3.41. The lowest BCUT2D eigenvalue weighted by atomic mass is 10.1. The average molecular weight is 1030 g/mol. The van der Waals surface area contributed by atoms with Gasteiger partial charge >= 0.3 is 17.9 Å². The van der Waals surface area contributed by atoms with Gasteiger partial charge in [-0.15, -0.1) is 0 Å². The van der Waals surface area contributed by atoms with Gasteiger partial charge < -0.3 is 14.2 Å². The summed E-state index contributed by atoms with van der Waals surface area (Å²) in [5, 5.41) is 0. The summed E-state index contributed by atoms with van der Waals surface area (Å²) in [6.45, 7) is 6.31. The topological polar surface area (TPSA) is 78.9 Å². The molecule has 0 aromatic carbocycles. The van der Waals surface area contributed by atoms with E-state index in [9.17, 15) is 14.4 Å². The Labute approximate surface area is 460 Å². The molecule has 0 radical (unpaired) electrons. The predicted molar refractivity (Wildman–Crippen MR) is 325 cm³/mol. The first kappa shape index (κ1) is 70.0. The van der Waals surface area contributed by atoms with Crippen LogP contribution in [0.15, 0.2) is 158 Å². The van der Waals surface area contributed by atoms with E-state index in [-0.39, 0.29) is 37.5 Å². The first-order valence-electron chi connectivity index (χ1n) is 30.0. The Kier molecular flexibility index (Phi) is 57.5. The van der Waals surface area contributed by atoms with Gasteiger partial charge in [-0.3, -0.25) is 14.4 Å². The zero-order valence-corrected chi connectivity index (χ0v) is 48.0. The highest BCUT2D eigenvalue weighted by molar-refractivity contribution is 5.71. The van der Waals surface area contributed by atoms with Gasteiger partial charge in [0.1, 0.15) is 13.2 Å². The van der Waals surface area contributed by atoms with Gasteiger partial charge in [-0.05, 0) is 128 Å². The lowest BCUT2D eigenvalue weighted by molar-refractivity contribution is -0.167.